The standard InChI is InChI=1S/C11H17N3O/c1-2-4-14(5-3-1)8-11-13-9-6-12-7-10(9)15-11/h12H,1-8H2. The van der Waals surface area contributed by atoms with Crippen LogP contribution in [0, 0.1) is 0 Å². The number of nitrogens with zero attached hydrogens (tertiary/aromatic N) is 2. The first-order valence-corrected chi connectivity index (χ1v) is 5.82. The van der Waals surface area contributed by atoms with Crippen LogP contribution in [0.25, 0.3) is 0 Å². The van der Waals surface area contributed by atoms with E-state index in [1.165, 1.54) is 32.4 Å². The van der Waals surface area contributed by atoms with Crippen LogP contribution in [0.1, 0.15) is 36.6 Å². The van der Waals surface area contributed by atoms with Gasteiger partial charge in [-0.05, 0) is 25.9 Å². The molecule has 2 aliphatic heterocycles. The molecule has 3 rings (SSSR count). The fraction of sp³-hybridized carbons (Fsp3) is 0.727. The molecule has 0 aromatic carbocycles. The summed E-state index contributed by atoms with van der Waals surface area (Å²) in [5, 5.41) is 3.23. The van der Waals surface area contributed by atoms with E-state index in [2.05, 4.69) is 15.2 Å². The fourth-order valence-electron chi connectivity index (χ4n) is 2.38. The van der Waals surface area contributed by atoms with Crippen LogP contribution >= 0.6 is 0 Å². The van der Waals surface area contributed by atoms with Crippen LogP contribution in [0.3, 0.4) is 0 Å². The number of oxazole rings is 1. The molecule has 3 heterocycles. The van der Waals surface area contributed by atoms with Crippen LogP contribution < -0.4 is 5.32 Å². The number of hydrogen-bond acceptors (Lipinski definition) is 4. The van der Waals surface area contributed by atoms with Gasteiger partial charge >= 0.3 is 0 Å². The minimum Gasteiger partial charge on any atom is -0.443 e. The molecule has 1 fully saturated rings. The molecule has 0 atom stereocenters. The smallest absolute Gasteiger partial charge is 0.208 e. The van der Waals surface area contributed by atoms with E-state index in [4.69, 9.17) is 4.42 Å². The van der Waals surface area contributed by atoms with Gasteiger partial charge in [-0.3, -0.25) is 4.90 Å². The van der Waals surface area contributed by atoms with Gasteiger partial charge in [0.1, 0.15) is 5.76 Å². The first-order valence-electron chi connectivity index (χ1n) is 5.82. The Morgan fingerprint density at radius 3 is 2.87 bits per heavy atom. The zero-order valence-corrected chi connectivity index (χ0v) is 8.96. The van der Waals surface area contributed by atoms with E-state index in [0.717, 1.165) is 37.0 Å². The number of nitrogens with one attached hydrogen (secondary N) is 1. The molecule has 4 heteroatoms. The van der Waals surface area contributed by atoms with Crippen molar-refractivity contribution in [1.82, 2.24) is 15.2 Å². The second-order valence-electron chi connectivity index (χ2n) is 4.42. The quantitative estimate of drug-likeness (QED) is 0.792. The van der Waals surface area contributed by atoms with Crippen molar-refractivity contribution in [3.05, 3.63) is 17.3 Å². The monoisotopic (exact) mass is 207 g/mol. The molecular formula is C11H17N3O. The van der Waals surface area contributed by atoms with Gasteiger partial charge in [-0.1, -0.05) is 6.42 Å². The van der Waals surface area contributed by atoms with Gasteiger partial charge in [-0.2, -0.15) is 0 Å². The zero-order chi connectivity index (χ0) is 10.1. The second-order valence-corrected chi connectivity index (χ2v) is 4.42. The van der Waals surface area contributed by atoms with E-state index in [9.17, 15) is 0 Å². The molecule has 0 spiro atoms. The second kappa shape index (κ2) is 3.94. The summed E-state index contributed by atoms with van der Waals surface area (Å²) in [5.41, 5.74) is 1.11. The molecule has 0 saturated carbocycles. The van der Waals surface area contributed by atoms with E-state index in [1.807, 2.05) is 0 Å². The van der Waals surface area contributed by atoms with E-state index in [-0.39, 0.29) is 0 Å². The molecule has 0 bridgehead atoms. The first kappa shape index (κ1) is 9.36. The third kappa shape index (κ3) is 1.92. The van der Waals surface area contributed by atoms with Crippen molar-refractivity contribution in [2.45, 2.75) is 38.9 Å². The number of piperidine rings is 1. The molecule has 1 aromatic rings. The molecule has 1 aromatic heterocycles. The van der Waals surface area contributed by atoms with Crippen molar-refractivity contribution in [3.8, 4) is 0 Å². The van der Waals surface area contributed by atoms with E-state index < -0.39 is 0 Å². The van der Waals surface area contributed by atoms with E-state index in [0.29, 0.717) is 0 Å². The average Bonchev–Trinajstić information content (AvgIpc) is 2.79. The Bertz CT molecular complexity index is 320. The third-order valence-electron chi connectivity index (χ3n) is 3.21. The first-order chi connectivity index (χ1) is 7.42. The highest BCUT2D eigenvalue weighted by atomic mass is 16.4. The maximum atomic E-state index is 5.71. The molecule has 0 aliphatic carbocycles. The van der Waals surface area contributed by atoms with Crippen LogP contribution in [0.5, 0.6) is 0 Å². The Hall–Kier alpha value is -0.870. The summed E-state index contributed by atoms with van der Waals surface area (Å²) in [7, 11) is 0. The van der Waals surface area contributed by atoms with Gasteiger partial charge in [-0.15, -0.1) is 0 Å². The van der Waals surface area contributed by atoms with Crippen LogP contribution in [0.4, 0.5) is 0 Å². The van der Waals surface area contributed by atoms with Gasteiger partial charge in [0, 0.05) is 6.54 Å². The lowest BCUT2D eigenvalue weighted by atomic mass is 10.1. The molecule has 4 nitrogen and oxygen atoms in total. The molecule has 15 heavy (non-hydrogen) atoms. The Balaban J connectivity index is 1.66. The molecule has 2 aliphatic rings. The summed E-state index contributed by atoms with van der Waals surface area (Å²) < 4.78 is 5.71. The summed E-state index contributed by atoms with van der Waals surface area (Å²) in [4.78, 5) is 6.96. The van der Waals surface area contributed by atoms with Crippen LogP contribution in [-0.2, 0) is 19.6 Å². The molecule has 0 unspecified atom stereocenters. The number of aromatic nitrogens is 1. The lowest BCUT2D eigenvalue weighted by Crippen LogP contribution is -2.29. The Labute approximate surface area is 89.7 Å². The molecule has 82 valence electrons. The lowest BCUT2D eigenvalue weighted by molar-refractivity contribution is 0.199. The van der Waals surface area contributed by atoms with Gasteiger partial charge in [0.2, 0.25) is 5.89 Å². The largest absolute Gasteiger partial charge is 0.443 e. The molecule has 0 radical (unpaired) electrons. The number of hydrogen-bond donors (Lipinski definition) is 1. The highest BCUT2D eigenvalue weighted by Gasteiger charge is 2.20. The van der Waals surface area contributed by atoms with Crippen molar-refractivity contribution in [1.29, 1.82) is 0 Å². The molecule has 1 saturated heterocycles. The highest BCUT2D eigenvalue weighted by molar-refractivity contribution is 5.14. The van der Waals surface area contributed by atoms with Gasteiger partial charge in [-0.25, -0.2) is 4.98 Å². The SMILES string of the molecule is C1CCN(Cc2nc3c(o2)CNC3)CC1. The summed E-state index contributed by atoms with van der Waals surface area (Å²) in [6.45, 7) is 5.02. The van der Waals surface area contributed by atoms with Crippen molar-refractivity contribution >= 4 is 0 Å². The van der Waals surface area contributed by atoms with Gasteiger partial charge in [0.05, 0.1) is 18.8 Å². The summed E-state index contributed by atoms with van der Waals surface area (Å²) in [6, 6.07) is 0. The Morgan fingerprint density at radius 1 is 1.20 bits per heavy atom. The summed E-state index contributed by atoms with van der Waals surface area (Å²) in [6.07, 6.45) is 4.02. The molecular weight excluding hydrogens is 190 g/mol. The van der Waals surface area contributed by atoms with E-state index >= 15 is 0 Å². The fourth-order valence-corrected chi connectivity index (χ4v) is 2.38. The molecule has 0 amide bonds. The van der Waals surface area contributed by atoms with E-state index in [1.54, 1.807) is 0 Å². The number of fused-ring (bicyclic) bond motifs is 1. The third-order valence-corrected chi connectivity index (χ3v) is 3.21. The predicted octanol–water partition coefficient (Wildman–Crippen LogP) is 1.26. The van der Waals surface area contributed by atoms with Crippen molar-refractivity contribution < 1.29 is 4.42 Å². The van der Waals surface area contributed by atoms with Gasteiger partial charge < -0.3 is 9.73 Å². The maximum Gasteiger partial charge on any atom is 0.208 e. The highest BCUT2D eigenvalue weighted by Crippen LogP contribution is 2.18. The Kier molecular flexibility index (Phi) is 2.46. The van der Waals surface area contributed by atoms with Crippen molar-refractivity contribution in [2.75, 3.05) is 13.1 Å². The van der Waals surface area contributed by atoms with Crippen molar-refractivity contribution in [3.63, 3.8) is 0 Å². The van der Waals surface area contributed by atoms with Crippen LogP contribution in [0.2, 0.25) is 0 Å². The van der Waals surface area contributed by atoms with Gasteiger partial charge in [0.25, 0.3) is 0 Å². The average molecular weight is 207 g/mol. The zero-order valence-electron chi connectivity index (χ0n) is 8.96. The topological polar surface area (TPSA) is 41.3 Å². The number of likely N-dealkylation sites (tertiary alicyclic amines) is 1. The normalized spacial score (nSPS) is 21.9. The van der Waals surface area contributed by atoms with Crippen molar-refractivity contribution in [2.24, 2.45) is 0 Å². The predicted molar refractivity (Wildman–Crippen MR) is 56.2 cm³/mol. The number of rotatable bonds is 2. The van der Waals surface area contributed by atoms with Crippen LogP contribution in [0.15, 0.2) is 4.42 Å². The van der Waals surface area contributed by atoms with Gasteiger partial charge in [0.15, 0.2) is 0 Å². The molecule has 1 N–H and O–H groups in total. The summed E-state index contributed by atoms with van der Waals surface area (Å²) >= 11 is 0. The Morgan fingerprint density at radius 2 is 2.07 bits per heavy atom. The van der Waals surface area contributed by atoms with Crippen LogP contribution in [-0.4, -0.2) is 23.0 Å². The summed E-state index contributed by atoms with van der Waals surface area (Å²) in [5.74, 6) is 1.95. The maximum absolute atomic E-state index is 5.71. The lowest BCUT2D eigenvalue weighted by Gasteiger charge is -2.24. The minimum atomic E-state index is 0.850. The minimum absolute atomic E-state index is 0.850.